The molecule has 3 aliphatic rings. The first-order chi connectivity index (χ1) is 11.2. The van der Waals surface area contributed by atoms with Gasteiger partial charge in [0, 0.05) is 11.1 Å². The van der Waals surface area contributed by atoms with Gasteiger partial charge in [0.2, 0.25) is 0 Å². The highest BCUT2D eigenvalue weighted by atomic mass is 16.5. The van der Waals surface area contributed by atoms with Crippen LogP contribution < -0.4 is 4.74 Å². The van der Waals surface area contributed by atoms with Crippen LogP contribution in [-0.2, 0) is 10.3 Å². The minimum Gasteiger partial charge on any atom is -0.504 e. The van der Waals surface area contributed by atoms with Crippen molar-refractivity contribution in [3.63, 3.8) is 0 Å². The molecule has 1 aromatic rings. The molecule has 3 heteroatoms. The molecule has 1 aliphatic heterocycles. The molecule has 2 aliphatic carbocycles. The van der Waals surface area contributed by atoms with E-state index in [2.05, 4.69) is 46.8 Å². The van der Waals surface area contributed by atoms with Crippen LogP contribution in [-0.4, -0.2) is 17.8 Å². The molecule has 4 atom stereocenters. The second-order valence-corrected chi connectivity index (χ2v) is 8.41. The van der Waals surface area contributed by atoms with Gasteiger partial charge in [0.15, 0.2) is 11.5 Å². The van der Waals surface area contributed by atoms with Crippen molar-refractivity contribution in [1.29, 1.82) is 0 Å². The van der Waals surface area contributed by atoms with Crippen LogP contribution in [0.2, 0.25) is 0 Å². The smallest absolute Gasteiger partial charge is 0.164 e. The van der Waals surface area contributed by atoms with E-state index < -0.39 is 5.60 Å². The highest BCUT2D eigenvalue weighted by Crippen LogP contribution is 2.64. The third kappa shape index (κ3) is 1.77. The maximum atomic E-state index is 10.9. The molecule has 0 bridgehead atoms. The highest BCUT2D eigenvalue weighted by Gasteiger charge is 2.57. The molecule has 1 spiro atoms. The van der Waals surface area contributed by atoms with Crippen LogP contribution in [0.5, 0.6) is 11.5 Å². The number of aromatic hydroxyl groups is 1. The summed E-state index contributed by atoms with van der Waals surface area (Å²) in [7, 11) is 1.65. The van der Waals surface area contributed by atoms with Crippen LogP contribution in [0, 0.1) is 12.8 Å². The van der Waals surface area contributed by atoms with Gasteiger partial charge < -0.3 is 14.6 Å². The number of hydrogen-bond donors (Lipinski definition) is 1. The summed E-state index contributed by atoms with van der Waals surface area (Å²) >= 11 is 0. The summed E-state index contributed by atoms with van der Waals surface area (Å²) in [4.78, 5) is 0. The van der Waals surface area contributed by atoms with E-state index in [1.165, 1.54) is 11.1 Å². The maximum Gasteiger partial charge on any atom is 0.164 e. The first-order valence-electron chi connectivity index (χ1n) is 9.08. The molecule has 0 saturated carbocycles. The summed E-state index contributed by atoms with van der Waals surface area (Å²) in [5.74, 6) is 2.12. The molecule has 24 heavy (non-hydrogen) atoms. The van der Waals surface area contributed by atoms with Gasteiger partial charge in [-0.25, -0.2) is 0 Å². The van der Waals surface area contributed by atoms with Crippen molar-refractivity contribution in [2.75, 3.05) is 7.11 Å². The van der Waals surface area contributed by atoms with E-state index >= 15 is 0 Å². The monoisotopic (exact) mass is 328 g/mol. The summed E-state index contributed by atoms with van der Waals surface area (Å²) in [5.41, 5.74) is 4.04. The lowest BCUT2D eigenvalue weighted by molar-refractivity contribution is -0.100. The Bertz CT molecular complexity index is 746. The van der Waals surface area contributed by atoms with Crippen LogP contribution >= 0.6 is 0 Å². The maximum absolute atomic E-state index is 10.9. The van der Waals surface area contributed by atoms with E-state index in [9.17, 15) is 5.11 Å². The molecule has 1 N–H and O–H groups in total. The minimum absolute atomic E-state index is 0.266. The molecular weight excluding hydrogens is 300 g/mol. The van der Waals surface area contributed by atoms with Gasteiger partial charge in [-0.3, -0.25) is 0 Å². The Labute approximate surface area is 144 Å². The molecule has 0 saturated heterocycles. The van der Waals surface area contributed by atoms with Gasteiger partial charge >= 0.3 is 0 Å². The van der Waals surface area contributed by atoms with Crippen molar-refractivity contribution >= 4 is 0 Å². The summed E-state index contributed by atoms with van der Waals surface area (Å²) < 4.78 is 12.3. The molecular formula is C21H28O3. The van der Waals surface area contributed by atoms with Gasteiger partial charge in [0.05, 0.1) is 12.7 Å². The Morgan fingerprint density at radius 2 is 1.88 bits per heavy atom. The molecule has 1 heterocycles. The molecule has 1 aromatic carbocycles. The minimum atomic E-state index is -0.395. The van der Waals surface area contributed by atoms with Crippen molar-refractivity contribution < 1.29 is 14.6 Å². The average molecular weight is 328 g/mol. The van der Waals surface area contributed by atoms with E-state index in [-0.39, 0.29) is 5.60 Å². The van der Waals surface area contributed by atoms with Gasteiger partial charge in [0.1, 0.15) is 5.60 Å². The van der Waals surface area contributed by atoms with Gasteiger partial charge in [-0.05, 0) is 68.6 Å². The topological polar surface area (TPSA) is 38.7 Å². The molecule has 0 amide bonds. The lowest BCUT2D eigenvalue weighted by Gasteiger charge is -2.35. The Hall–Kier alpha value is -1.48. The van der Waals surface area contributed by atoms with E-state index in [0.29, 0.717) is 29.3 Å². The fourth-order valence-electron chi connectivity index (χ4n) is 5.47. The molecule has 130 valence electrons. The summed E-state index contributed by atoms with van der Waals surface area (Å²) in [6.45, 7) is 10.8. The van der Waals surface area contributed by atoms with Gasteiger partial charge in [-0.1, -0.05) is 19.9 Å². The fraction of sp³-hybridized carbons (Fsp3) is 0.619. The lowest BCUT2D eigenvalue weighted by Crippen LogP contribution is -2.35. The van der Waals surface area contributed by atoms with Gasteiger partial charge in [-0.2, -0.15) is 0 Å². The molecule has 4 unspecified atom stereocenters. The Morgan fingerprint density at radius 3 is 2.46 bits per heavy atom. The van der Waals surface area contributed by atoms with Gasteiger partial charge in [-0.15, -0.1) is 0 Å². The number of rotatable bonds is 1. The number of fused-ring (bicyclic) bond motifs is 1. The Balaban J connectivity index is 2.07. The molecule has 0 radical (unpaired) electrons. The number of methoxy groups -OCH3 is 1. The standard InChI is InChI=1S/C21H28O3/c1-11-7-8-14-13(3)21(10-9-20(4,5)24-21)17-12(2)19(23-6)18(22)15(11)16(14)17/h9-11,13-14,22H,7-8H2,1-6H3. The van der Waals surface area contributed by atoms with E-state index in [1.807, 2.05) is 0 Å². The summed E-state index contributed by atoms with van der Waals surface area (Å²) in [6, 6.07) is 0. The van der Waals surface area contributed by atoms with Gasteiger partial charge in [0.25, 0.3) is 0 Å². The third-order valence-electron chi connectivity index (χ3n) is 6.56. The Morgan fingerprint density at radius 1 is 1.17 bits per heavy atom. The molecule has 0 fully saturated rings. The predicted molar refractivity (Wildman–Crippen MR) is 94.9 cm³/mol. The van der Waals surface area contributed by atoms with Crippen LogP contribution in [0.3, 0.4) is 0 Å². The van der Waals surface area contributed by atoms with Crippen LogP contribution in [0.1, 0.15) is 74.6 Å². The fourth-order valence-corrected chi connectivity index (χ4v) is 5.47. The molecule has 0 aromatic heterocycles. The second kappa shape index (κ2) is 4.78. The number of phenols is 1. The van der Waals surface area contributed by atoms with Crippen LogP contribution in [0.15, 0.2) is 12.2 Å². The van der Waals surface area contributed by atoms with E-state index in [0.717, 1.165) is 24.0 Å². The summed E-state index contributed by atoms with van der Waals surface area (Å²) in [6.07, 6.45) is 6.71. The van der Waals surface area contributed by atoms with Crippen LogP contribution in [0.25, 0.3) is 0 Å². The number of phenolic OH excluding ortho intramolecular Hbond substituents is 1. The molecule has 3 nitrogen and oxygen atoms in total. The SMILES string of the molecule is COc1c(C)c2c3c(c1O)C(C)CCC3C(C)C21C=CC(C)(C)O1. The van der Waals surface area contributed by atoms with Crippen molar-refractivity contribution in [2.45, 2.75) is 70.5 Å². The lowest BCUT2D eigenvalue weighted by atomic mass is 9.75. The highest BCUT2D eigenvalue weighted by molar-refractivity contribution is 5.67. The third-order valence-corrected chi connectivity index (χ3v) is 6.56. The first kappa shape index (κ1) is 16.0. The quantitative estimate of drug-likeness (QED) is 0.745. The van der Waals surface area contributed by atoms with Crippen molar-refractivity contribution in [2.24, 2.45) is 5.92 Å². The zero-order valence-corrected chi connectivity index (χ0v) is 15.6. The average Bonchev–Trinajstić information content (AvgIpc) is 2.95. The Kier molecular flexibility index (Phi) is 3.19. The second-order valence-electron chi connectivity index (χ2n) is 8.41. The first-order valence-corrected chi connectivity index (χ1v) is 9.08. The number of benzene rings is 1. The normalized spacial score (nSPS) is 35.5. The van der Waals surface area contributed by atoms with Crippen molar-refractivity contribution in [3.8, 4) is 11.5 Å². The summed E-state index contributed by atoms with van der Waals surface area (Å²) in [5, 5.41) is 10.9. The number of hydrogen-bond acceptors (Lipinski definition) is 3. The zero-order chi connectivity index (χ0) is 17.4. The largest absolute Gasteiger partial charge is 0.504 e. The predicted octanol–water partition coefficient (Wildman–Crippen LogP) is 4.90. The van der Waals surface area contributed by atoms with E-state index in [1.54, 1.807) is 7.11 Å². The molecule has 4 rings (SSSR count). The number of ether oxygens (including phenoxy) is 2. The van der Waals surface area contributed by atoms with Crippen LogP contribution in [0.4, 0.5) is 0 Å². The van der Waals surface area contributed by atoms with E-state index in [4.69, 9.17) is 9.47 Å². The van der Waals surface area contributed by atoms with Crippen molar-refractivity contribution in [1.82, 2.24) is 0 Å². The zero-order valence-electron chi connectivity index (χ0n) is 15.6. The van der Waals surface area contributed by atoms with Crippen molar-refractivity contribution in [3.05, 3.63) is 34.4 Å².